The molecule has 34 heavy (non-hydrogen) atoms. The van der Waals surface area contributed by atoms with Crippen LogP contribution in [0.2, 0.25) is 5.02 Å². The van der Waals surface area contributed by atoms with Crippen molar-refractivity contribution in [3.8, 4) is 0 Å². The van der Waals surface area contributed by atoms with Gasteiger partial charge in [-0.05, 0) is 88.3 Å². The monoisotopic (exact) mass is 532 g/mol. The maximum atomic E-state index is 13.0. The first kappa shape index (κ1) is 25.9. The first-order chi connectivity index (χ1) is 15.6. The van der Waals surface area contributed by atoms with E-state index in [1.807, 2.05) is 0 Å². The summed E-state index contributed by atoms with van der Waals surface area (Å²) in [6, 6.07) is 4.65. The van der Waals surface area contributed by atoms with Gasteiger partial charge in [-0.2, -0.15) is 8.42 Å². The van der Waals surface area contributed by atoms with Crippen LogP contribution in [0.25, 0.3) is 0 Å². The standard InChI is InChI=1S/C23H33ClN2O6S2/c1-14-18(24)6-5-7-19(14)34(30,31)26-22(2,3)13-20(27)25-21-16-8-15-9-17(21)12-23(10-15,11-16)32-33(4,28)29/h5-7,15-17,21,26H,8-13H2,1-4H3,(H,25,27)/t15?,16?,17?,21-,23-. The molecule has 0 spiro atoms. The molecule has 4 saturated carbocycles. The van der Waals surface area contributed by atoms with Gasteiger partial charge in [0.2, 0.25) is 15.9 Å². The summed E-state index contributed by atoms with van der Waals surface area (Å²) in [4.78, 5) is 13.1. The zero-order chi connectivity index (χ0) is 25.1. The second kappa shape index (κ2) is 8.73. The van der Waals surface area contributed by atoms with Crippen LogP contribution in [0.1, 0.15) is 57.9 Å². The zero-order valence-corrected chi connectivity index (χ0v) is 22.3. The molecular weight excluding hydrogens is 500 g/mol. The molecule has 2 atom stereocenters. The molecule has 4 bridgehead atoms. The van der Waals surface area contributed by atoms with Gasteiger partial charge in [0.1, 0.15) is 0 Å². The lowest BCUT2D eigenvalue weighted by molar-refractivity contribution is -0.137. The number of hydrogen-bond acceptors (Lipinski definition) is 6. The Morgan fingerprint density at radius 2 is 1.76 bits per heavy atom. The summed E-state index contributed by atoms with van der Waals surface area (Å²) < 4.78 is 57.8. The summed E-state index contributed by atoms with van der Waals surface area (Å²) >= 11 is 6.09. The van der Waals surface area contributed by atoms with Gasteiger partial charge >= 0.3 is 0 Å². The van der Waals surface area contributed by atoms with Crippen molar-refractivity contribution in [2.24, 2.45) is 17.8 Å². The van der Waals surface area contributed by atoms with Crippen LogP contribution in [0.3, 0.4) is 0 Å². The molecule has 0 radical (unpaired) electrons. The van der Waals surface area contributed by atoms with Crippen molar-refractivity contribution in [3.63, 3.8) is 0 Å². The quantitative estimate of drug-likeness (QED) is 0.496. The maximum absolute atomic E-state index is 13.0. The number of carbonyl (C=O) groups is 1. The van der Waals surface area contributed by atoms with Crippen molar-refractivity contribution >= 4 is 37.6 Å². The number of sulfonamides is 1. The van der Waals surface area contributed by atoms with Crippen molar-refractivity contribution in [2.45, 2.75) is 81.4 Å². The number of nitrogens with one attached hydrogen (secondary N) is 2. The largest absolute Gasteiger partial charge is 0.353 e. The van der Waals surface area contributed by atoms with E-state index < -0.39 is 31.3 Å². The molecule has 4 aliphatic carbocycles. The van der Waals surface area contributed by atoms with Gasteiger partial charge in [0.15, 0.2) is 0 Å². The van der Waals surface area contributed by atoms with Crippen LogP contribution in [0.4, 0.5) is 0 Å². The van der Waals surface area contributed by atoms with E-state index in [4.69, 9.17) is 15.8 Å². The lowest BCUT2D eigenvalue weighted by Crippen LogP contribution is -2.63. The maximum Gasteiger partial charge on any atom is 0.264 e. The smallest absolute Gasteiger partial charge is 0.264 e. The highest BCUT2D eigenvalue weighted by molar-refractivity contribution is 7.89. The second-order valence-corrected chi connectivity index (χ2v) is 14.7. The van der Waals surface area contributed by atoms with Gasteiger partial charge in [-0.1, -0.05) is 17.7 Å². The summed E-state index contributed by atoms with van der Waals surface area (Å²) in [7, 11) is -7.44. The molecule has 0 aromatic heterocycles. The number of benzene rings is 1. The lowest BCUT2D eigenvalue weighted by Gasteiger charge is -2.59. The molecule has 11 heteroatoms. The molecule has 1 amide bonds. The number of carbonyl (C=O) groups excluding carboxylic acids is 1. The summed E-state index contributed by atoms with van der Waals surface area (Å²) in [5.41, 5.74) is -1.21. The number of rotatable bonds is 8. The van der Waals surface area contributed by atoms with Crippen molar-refractivity contribution in [2.75, 3.05) is 6.26 Å². The zero-order valence-electron chi connectivity index (χ0n) is 19.9. The Kier molecular flexibility index (Phi) is 6.64. The van der Waals surface area contributed by atoms with E-state index in [9.17, 15) is 21.6 Å². The molecule has 1 aromatic rings. The molecule has 1 aromatic carbocycles. The third-order valence-corrected chi connectivity index (χ3v) is 10.3. The topological polar surface area (TPSA) is 119 Å². The third-order valence-electron chi connectivity index (χ3n) is 7.39. The summed E-state index contributed by atoms with van der Waals surface area (Å²) in [6.07, 6.45) is 4.94. The van der Waals surface area contributed by atoms with Crippen molar-refractivity contribution in [1.29, 1.82) is 0 Å². The van der Waals surface area contributed by atoms with E-state index in [0.29, 0.717) is 29.3 Å². The van der Waals surface area contributed by atoms with Gasteiger partial charge in [-0.15, -0.1) is 0 Å². The van der Waals surface area contributed by atoms with Gasteiger partial charge in [-0.3, -0.25) is 8.98 Å². The van der Waals surface area contributed by atoms with E-state index >= 15 is 0 Å². The minimum Gasteiger partial charge on any atom is -0.353 e. The molecule has 190 valence electrons. The van der Waals surface area contributed by atoms with Gasteiger partial charge in [0.25, 0.3) is 10.1 Å². The van der Waals surface area contributed by atoms with E-state index in [1.165, 1.54) is 6.07 Å². The Bertz CT molecular complexity index is 1180. The Labute approximate surface area is 207 Å². The normalized spacial score (nSPS) is 31.0. The Hall–Kier alpha value is -1.20. The minimum absolute atomic E-state index is 0.0316. The molecule has 5 rings (SSSR count). The first-order valence-corrected chi connectivity index (χ1v) is 15.2. The SMILES string of the molecule is Cc1c(Cl)cccc1S(=O)(=O)NC(C)(C)CC(=O)N[C@H]1C2CC3CC1C[C@](OS(C)(=O)=O)(C3)C2. The van der Waals surface area contributed by atoms with Crippen LogP contribution in [-0.2, 0) is 29.1 Å². The summed E-state index contributed by atoms with van der Waals surface area (Å²) in [6.45, 7) is 4.99. The average molecular weight is 533 g/mol. The first-order valence-electron chi connectivity index (χ1n) is 11.6. The van der Waals surface area contributed by atoms with Crippen LogP contribution in [0.5, 0.6) is 0 Å². The van der Waals surface area contributed by atoms with Crippen molar-refractivity contribution < 1.29 is 25.8 Å². The number of halogens is 1. The van der Waals surface area contributed by atoms with Crippen LogP contribution < -0.4 is 10.0 Å². The van der Waals surface area contributed by atoms with Crippen LogP contribution in [0.15, 0.2) is 23.1 Å². The molecule has 2 unspecified atom stereocenters. The molecule has 0 aliphatic heterocycles. The molecular formula is C23H33ClN2O6S2. The van der Waals surface area contributed by atoms with Crippen LogP contribution in [0, 0.1) is 24.7 Å². The second-order valence-electron chi connectivity index (χ2n) is 11.1. The molecule has 8 nitrogen and oxygen atoms in total. The predicted molar refractivity (Wildman–Crippen MR) is 129 cm³/mol. The van der Waals surface area contributed by atoms with Gasteiger partial charge in [-0.25, -0.2) is 13.1 Å². The molecule has 0 saturated heterocycles. The van der Waals surface area contributed by atoms with E-state index in [2.05, 4.69) is 10.0 Å². The summed E-state index contributed by atoms with van der Waals surface area (Å²) in [5, 5.41) is 3.50. The van der Waals surface area contributed by atoms with E-state index in [0.717, 1.165) is 25.5 Å². The van der Waals surface area contributed by atoms with E-state index in [-0.39, 0.29) is 35.1 Å². The predicted octanol–water partition coefficient (Wildman–Crippen LogP) is 3.14. The number of amides is 1. The van der Waals surface area contributed by atoms with Crippen LogP contribution in [-0.4, -0.2) is 46.2 Å². The fraction of sp³-hybridized carbons (Fsp3) is 0.696. The molecule has 4 aliphatic rings. The number of hydrogen-bond donors (Lipinski definition) is 2. The van der Waals surface area contributed by atoms with Gasteiger partial charge < -0.3 is 5.32 Å². The van der Waals surface area contributed by atoms with Crippen molar-refractivity contribution in [1.82, 2.24) is 10.0 Å². The molecule has 2 N–H and O–H groups in total. The Morgan fingerprint density at radius 1 is 1.15 bits per heavy atom. The van der Waals surface area contributed by atoms with Gasteiger partial charge in [0, 0.05) is 23.0 Å². The highest BCUT2D eigenvalue weighted by Gasteiger charge is 2.57. The van der Waals surface area contributed by atoms with Gasteiger partial charge in [0.05, 0.1) is 16.8 Å². The highest BCUT2D eigenvalue weighted by Crippen LogP contribution is 2.57. The molecule has 0 heterocycles. The minimum atomic E-state index is -3.88. The van der Waals surface area contributed by atoms with E-state index in [1.54, 1.807) is 32.9 Å². The summed E-state index contributed by atoms with van der Waals surface area (Å²) in [5.74, 6) is 0.499. The lowest BCUT2D eigenvalue weighted by atomic mass is 9.52. The fourth-order valence-electron chi connectivity index (χ4n) is 6.58. The Morgan fingerprint density at radius 3 is 2.35 bits per heavy atom. The van der Waals surface area contributed by atoms with Crippen LogP contribution >= 0.6 is 11.6 Å². The Balaban J connectivity index is 1.41. The fourth-order valence-corrected chi connectivity index (χ4v) is 9.34. The highest BCUT2D eigenvalue weighted by atomic mass is 35.5. The third kappa shape index (κ3) is 5.46. The average Bonchev–Trinajstić information content (AvgIpc) is 2.63. The molecule has 4 fully saturated rings. The van der Waals surface area contributed by atoms with Crippen molar-refractivity contribution in [3.05, 3.63) is 28.8 Å².